The molecule has 0 unspecified atom stereocenters. The van der Waals surface area contributed by atoms with Gasteiger partial charge in [0.15, 0.2) is 0 Å². The van der Waals surface area contributed by atoms with E-state index in [4.69, 9.17) is 0 Å². The van der Waals surface area contributed by atoms with Gasteiger partial charge in [-0.1, -0.05) is 72.8 Å². The smallest absolute Gasteiger partial charge is 0.000718 e. The average Bonchev–Trinajstić information content (AvgIpc) is 2.98. The van der Waals surface area contributed by atoms with Crippen LogP contribution >= 0.6 is 0 Å². The largest absolute Gasteiger partial charge is 0.0616 e. The van der Waals surface area contributed by atoms with Gasteiger partial charge in [0.05, 0.1) is 0 Å². The molecule has 109 valence electrons. The Morgan fingerprint density at radius 1 is 0.583 bits per heavy atom. The highest BCUT2D eigenvalue weighted by atomic mass is 14.3. The van der Waals surface area contributed by atoms with Gasteiger partial charge in [-0.3, -0.25) is 0 Å². The molecule has 5 aromatic carbocycles. The predicted octanol–water partition coefficient (Wildman–Crippen LogP) is 6.59. The lowest BCUT2D eigenvalue weighted by Crippen LogP contribution is -1.83. The van der Waals surface area contributed by atoms with Crippen molar-refractivity contribution >= 4 is 32.3 Å². The molecule has 0 bridgehead atoms. The molecule has 0 aliphatic heterocycles. The lowest BCUT2D eigenvalue weighted by molar-refractivity contribution is 1.70. The Bertz CT molecular complexity index is 1290. The van der Waals surface area contributed by atoms with E-state index >= 15 is 0 Å². The summed E-state index contributed by atoms with van der Waals surface area (Å²) in [7, 11) is 0. The monoisotopic (exact) mass is 301 g/mol. The van der Waals surface area contributed by atoms with Gasteiger partial charge in [0.2, 0.25) is 0 Å². The van der Waals surface area contributed by atoms with E-state index in [0.717, 1.165) is 0 Å². The zero-order chi connectivity index (χ0) is 15.7. The molecule has 0 heteroatoms. The van der Waals surface area contributed by atoms with Gasteiger partial charge in [0.1, 0.15) is 0 Å². The van der Waals surface area contributed by atoms with Crippen molar-refractivity contribution in [3.8, 4) is 22.3 Å². The number of hydrogen-bond donors (Lipinski definition) is 0. The fourth-order valence-electron chi connectivity index (χ4n) is 4.24. The molecule has 24 heavy (non-hydrogen) atoms. The molecule has 1 aliphatic carbocycles. The van der Waals surface area contributed by atoms with Crippen LogP contribution in [-0.4, -0.2) is 0 Å². The lowest BCUT2D eigenvalue weighted by Gasteiger charge is -2.10. The molecule has 0 heterocycles. The van der Waals surface area contributed by atoms with Gasteiger partial charge >= 0.3 is 0 Å². The molecule has 0 saturated carbocycles. The Hall–Kier alpha value is -3.12. The van der Waals surface area contributed by atoms with Gasteiger partial charge in [-0.25, -0.2) is 0 Å². The summed E-state index contributed by atoms with van der Waals surface area (Å²) in [6.45, 7) is 0. The second kappa shape index (κ2) is 4.24. The third kappa shape index (κ3) is 1.39. The van der Waals surface area contributed by atoms with Crippen LogP contribution in [0.2, 0.25) is 0 Å². The summed E-state index contributed by atoms with van der Waals surface area (Å²) in [4.78, 5) is 0. The van der Waals surface area contributed by atoms with Crippen molar-refractivity contribution in [2.45, 2.75) is 0 Å². The predicted molar refractivity (Wildman–Crippen MR) is 102 cm³/mol. The van der Waals surface area contributed by atoms with Crippen LogP contribution in [0.15, 0.2) is 78.9 Å². The summed E-state index contributed by atoms with van der Waals surface area (Å²) < 4.78 is 0. The van der Waals surface area contributed by atoms with Gasteiger partial charge in [0, 0.05) is 0 Å². The summed E-state index contributed by atoms with van der Waals surface area (Å²) in [6.07, 6.45) is 0. The quantitative estimate of drug-likeness (QED) is 0.219. The molecule has 0 fully saturated rings. The zero-order valence-corrected chi connectivity index (χ0v) is 13.0. The normalized spacial score (nSPS) is 12.2. The summed E-state index contributed by atoms with van der Waals surface area (Å²) in [5.74, 6) is 0. The van der Waals surface area contributed by atoms with Gasteiger partial charge < -0.3 is 0 Å². The van der Waals surface area contributed by atoms with Crippen molar-refractivity contribution in [2.24, 2.45) is 0 Å². The van der Waals surface area contributed by atoms with E-state index in [1.165, 1.54) is 54.6 Å². The SMILES string of the molecule is [c]1c2ccccc2c2c3c(cc4ccccc4c13)-c1ccccc1-2. The minimum atomic E-state index is 1.19. The third-order valence-corrected chi connectivity index (χ3v) is 5.24. The first kappa shape index (κ1) is 12.3. The highest BCUT2D eigenvalue weighted by molar-refractivity contribution is 6.29. The van der Waals surface area contributed by atoms with E-state index in [1.807, 2.05) is 0 Å². The maximum absolute atomic E-state index is 3.71. The molecule has 6 rings (SSSR count). The van der Waals surface area contributed by atoms with Crippen LogP contribution in [0.25, 0.3) is 54.6 Å². The van der Waals surface area contributed by atoms with Crippen LogP contribution in [0.5, 0.6) is 0 Å². The van der Waals surface area contributed by atoms with E-state index in [9.17, 15) is 0 Å². The molecule has 5 aromatic rings. The van der Waals surface area contributed by atoms with Crippen LogP contribution in [0.4, 0.5) is 0 Å². The van der Waals surface area contributed by atoms with Crippen LogP contribution in [-0.2, 0) is 0 Å². The Balaban J connectivity index is 2.01. The highest BCUT2D eigenvalue weighted by Gasteiger charge is 2.24. The summed E-state index contributed by atoms with van der Waals surface area (Å²) in [6, 6.07) is 32.1. The number of hydrogen-bond acceptors (Lipinski definition) is 0. The maximum atomic E-state index is 3.71. The van der Waals surface area contributed by atoms with Gasteiger partial charge in [0.25, 0.3) is 0 Å². The summed E-state index contributed by atoms with van der Waals surface area (Å²) >= 11 is 0. The highest BCUT2D eigenvalue weighted by Crippen LogP contribution is 2.51. The Kier molecular flexibility index (Phi) is 2.18. The van der Waals surface area contributed by atoms with Crippen LogP contribution in [0, 0.1) is 6.07 Å². The molecular formula is C24H13. The van der Waals surface area contributed by atoms with Crippen molar-refractivity contribution < 1.29 is 0 Å². The average molecular weight is 301 g/mol. The molecule has 1 aliphatic rings. The van der Waals surface area contributed by atoms with E-state index < -0.39 is 0 Å². The lowest BCUT2D eigenvalue weighted by atomic mass is 9.93. The molecule has 0 N–H and O–H groups in total. The van der Waals surface area contributed by atoms with Crippen molar-refractivity contribution in [2.75, 3.05) is 0 Å². The van der Waals surface area contributed by atoms with Crippen LogP contribution < -0.4 is 0 Å². The van der Waals surface area contributed by atoms with Crippen LogP contribution in [0.1, 0.15) is 0 Å². The molecule has 0 aromatic heterocycles. The van der Waals surface area contributed by atoms with Crippen molar-refractivity contribution in [1.82, 2.24) is 0 Å². The summed E-state index contributed by atoms with van der Waals surface area (Å²) in [5.41, 5.74) is 5.40. The van der Waals surface area contributed by atoms with Crippen molar-refractivity contribution in [3.05, 3.63) is 84.9 Å². The molecule has 0 nitrogen and oxygen atoms in total. The first-order valence-electron chi connectivity index (χ1n) is 8.31. The third-order valence-electron chi connectivity index (χ3n) is 5.24. The van der Waals surface area contributed by atoms with Gasteiger partial charge in [-0.15, -0.1) is 0 Å². The zero-order valence-electron chi connectivity index (χ0n) is 13.0. The topological polar surface area (TPSA) is 0 Å². The maximum Gasteiger partial charge on any atom is -0.000718 e. The van der Waals surface area contributed by atoms with E-state index in [0.29, 0.717) is 0 Å². The van der Waals surface area contributed by atoms with Crippen molar-refractivity contribution in [3.63, 3.8) is 0 Å². The minimum Gasteiger partial charge on any atom is -0.0616 e. The fourth-order valence-corrected chi connectivity index (χ4v) is 4.24. The van der Waals surface area contributed by atoms with E-state index in [-0.39, 0.29) is 0 Å². The summed E-state index contributed by atoms with van der Waals surface area (Å²) in [5, 5.41) is 7.66. The fraction of sp³-hybridized carbons (Fsp3) is 0. The first-order chi connectivity index (χ1) is 11.9. The second-order valence-corrected chi connectivity index (χ2v) is 6.49. The molecular weight excluding hydrogens is 288 g/mol. The molecule has 0 saturated heterocycles. The number of rotatable bonds is 0. The Labute approximate surface area is 140 Å². The number of benzene rings is 5. The molecule has 0 atom stereocenters. The van der Waals surface area contributed by atoms with E-state index in [2.05, 4.69) is 84.9 Å². The Morgan fingerprint density at radius 2 is 1.29 bits per heavy atom. The molecule has 0 spiro atoms. The second-order valence-electron chi connectivity index (χ2n) is 6.49. The molecule has 0 amide bonds. The van der Waals surface area contributed by atoms with Gasteiger partial charge in [-0.05, 0) is 66.7 Å². The standard InChI is InChI=1S/C24H13/c1-3-9-17-15(7-1)13-22-19-11-5-6-12-20(19)23-18-10-4-2-8-16(18)14-21(17)24(22)23/h1-13H. The Morgan fingerprint density at radius 3 is 2.21 bits per heavy atom. The van der Waals surface area contributed by atoms with Gasteiger partial charge in [-0.2, -0.15) is 0 Å². The van der Waals surface area contributed by atoms with Crippen LogP contribution in [0.3, 0.4) is 0 Å². The number of fused-ring (bicyclic) bond motifs is 7. The first-order valence-corrected chi connectivity index (χ1v) is 8.31. The van der Waals surface area contributed by atoms with Crippen molar-refractivity contribution in [1.29, 1.82) is 0 Å². The molecule has 1 radical (unpaired) electrons. The minimum absolute atomic E-state index is 1.19. The van der Waals surface area contributed by atoms with E-state index in [1.54, 1.807) is 0 Å².